The highest BCUT2D eigenvalue weighted by molar-refractivity contribution is 5.91. The van der Waals surface area contributed by atoms with Gasteiger partial charge < -0.3 is 15.0 Å². The summed E-state index contributed by atoms with van der Waals surface area (Å²) in [5.41, 5.74) is 3.07. The van der Waals surface area contributed by atoms with Gasteiger partial charge in [-0.15, -0.1) is 0 Å². The highest BCUT2D eigenvalue weighted by Gasteiger charge is 2.12. The lowest BCUT2D eigenvalue weighted by molar-refractivity contribution is -0.122. The summed E-state index contributed by atoms with van der Waals surface area (Å²) >= 11 is 0. The van der Waals surface area contributed by atoms with Crippen LogP contribution in [0.4, 0.5) is 5.69 Å². The number of nitrogens with one attached hydrogen (secondary N) is 1. The zero-order valence-corrected chi connectivity index (χ0v) is 15.6. The summed E-state index contributed by atoms with van der Waals surface area (Å²) in [5.74, 6) is 0.611. The average molecular weight is 354 g/mol. The lowest BCUT2D eigenvalue weighted by Gasteiger charge is -2.22. The van der Waals surface area contributed by atoms with E-state index < -0.39 is 0 Å². The molecule has 26 heavy (non-hydrogen) atoms. The van der Waals surface area contributed by atoms with Crippen molar-refractivity contribution < 1.29 is 14.3 Å². The summed E-state index contributed by atoms with van der Waals surface area (Å²) < 4.78 is 5.51. The minimum atomic E-state index is -0.0927. The van der Waals surface area contributed by atoms with Crippen molar-refractivity contribution in [3.05, 3.63) is 59.7 Å². The van der Waals surface area contributed by atoms with E-state index in [-0.39, 0.29) is 18.2 Å². The third-order valence-corrected chi connectivity index (χ3v) is 3.90. The van der Waals surface area contributed by atoms with Gasteiger partial charge in [-0.05, 0) is 49.2 Å². The minimum Gasteiger partial charge on any atom is -0.493 e. The van der Waals surface area contributed by atoms with Crippen molar-refractivity contribution in [2.45, 2.75) is 27.2 Å². The summed E-state index contributed by atoms with van der Waals surface area (Å²) in [4.78, 5) is 25.6. The van der Waals surface area contributed by atoms with Crippen LogP contribution in [-0.2, 0) is 9.59 Å². The molecule has 0 radical (unpaired) electrons. The monoisotopic (exact) mass is 354 g/mol. The van der Waals surface area contributed by atoms with Crippen LogP contribution in [0.1, 0.15) is 24.5 Å². The highest BCUT2D eigenvalue weighted by Crippen LogP contribution is 2.18. The quantitative estimate of drug-likeness (QED) is 0.792. The number of carbonyl (C=O) groups excluding carboxylic acids is 2. The summed E-state index contributed by atoms with van der Waals surface area (Å²) in [6.07, 6.45) is 0.276. The number of aryl methyl sites for hydroxylation is 2. The maximum absolute atomic E-state index is 12.0. The predicted octanol–water partition coefficient (Wildman–Crippen LogP) is 3.24. The maximum atomic E-state index is 12.0. The second kappa shape index (κ2) is 9.61. The lowest BCUT2D eigenvalue weighted by atomic mass is 10.1. The van der Waals surface area contributed by atoms with E-state index in [4.69, 9.17) is 4.74 Å². The fourth-order valence-corrected chi connectivity index (χ4v) is 2.75. The normalized spacial score (nSPS) is 10.3. The van der Waals surface area contributed by atoms with E-state index in [0.29, 0.717) is 19.7 Å². The Kier molecular flexibility index (Phi) is 7.21. The standard InChI is InChI=1S/C21H26N2O3/c1-16-13-17(2)15-19(14-16)23(18(3)24)11-10-22-21(25)9-12-26-20-7-5-4-6-8-20/h4-8,13-15H,9-12H2,1-3H3,(H,22,25). The van der Waals surface area contributed by atoms with Gasteiger partial charge in [-0.1, -0.05) is 24.3 Å². The van der Waals surface area contributed by atoms with Gasteiger partial charge in [0.2, 0.25) is 11.8 Å². The molecule has 5 nitrogen and oxygen atoms in total. The fraction of sp³-hybridized carbons (Fsp3) is 0.333. The molecular weight excluding hydrogens is 328 g/mol. The van der Waals surface area contributed by atoms with Crippen LogP contribution in [0.5, 0.6) is 5.75 Å². The number of rotatable bonds is 8. The van der Waals surface area contributed by atoms with Crippen molar-refractivity contribution in [1.29, 1.82) is 0 Å². The van der Waals surface area contributed by atoms with Crippen molar-refractivity contribution in [2.24, 2.45) is 0 Å². The minimum absolute atomic E-state index is 0.0448. The van der Waals surface area contributed by atoms with Crippen molar-refractivity contribution >= 4 is 17.5 Å². The molecule has 1 N–H and O–H groups in total. The summed E-state index contributed by atoms with van der Waals surface area (Å²) in [6.45, 7) is 6.70. The number of nitrogens with zero attached hydrogens (tertiary/aromatic N) is 1. The Morgan fingerprint density at radius 3 is 2.31 bits per heavy atom. The van der Waals surface area contributed by atoms with Crippen LogP contribution in [0.25, 0.3) is 0 Å². The van der Waals surface area contributed by atoms with Crippen molar-refractivity contribution in [2.75, 3.05) is 24.6 Å². The molecule has 2 aromatic carbocycles. The van der Waals surface area contributed by atoms with E-state index in [1.54, 1.807) is 4.90 Å². The SMILES string of the molecule is CC(=O)N(CCNC(=O)CCOc1ccccc1)c1cc(C)cc(C)c1. The Morgan fingerprint density at radius 2 is 1.69 bits per heavy atom. The molecule has 0 saturated carbocycles. The molecular formula is C21H26N2O3. The number of hydrogen-bond donors (Lipinski definition) is 1. The molecule has 0 saturated heterocycles. The Bertz CT molecular complexity index is 724. The van der Waals surface area contributed by atoms with Gasteiger partial charge in [0.25, 0.3) is 0 Å². The molecule has 2 aromatic rings. The fourth-order valence-electron chi connectivity index (χ4n) is 2.75. The zero-order chi connectivity index (χ0) is 18.9. The first-order chi connectivity index (χ1) is 12.5. The third kappa shape index (κ3) is 6.24. The number of carbonyl (C=O) groups is 2. The van der Waals surface area contributed by atoms with Gasteiger partial charge >= 0.3 is 0 Å². The first kappa shape index (κ1) is 19.5. The smallest absolute Gasteiger partial charge is 0.223 e. The van der Waals surface area contributed by atoms with Gasteiger partial charge in [-0.25, -0.2) is 0 Å². The molecule has 0 aliphatic heterocycles. The Balaban J connectivity index is 1.78. The Hall–Kier alpha value is -2.82. The predicted molar refractivity (Wildman–Crippen MR) is 104 cm³/mol. The number of hydrogen-bond acceptors (Lipinski definition) is 3. The summed E-state index contributed by atoms with van der Waals surface area (Å²) in [6, 6.07) is 15.4. The molecule has 0 heterocycles. The van der Waals surface area contributed by atoms with Crippen molar-refractivity contribution in [1.82, 2.24) is 5.32 Å². The topological polar surface area (TPSA) is 58.6 Å². The van der Waals surface area contributed by atoms with Crippen LogP contribution in [0.3, 0.4) is 0 Å². The molecule has 0 aliphatic rings. The van der Waals surface area contributed by atoms with E-state index in [2.05, 4.69) is 11.4 Å². The van der Waals surface area contributed by atoms with Crippen LogP contribution in [0, 0.1) is 13.8 Å². The largest absolute Gasteiger partial charge is 0.493 e. The molecule has 5 heteroatoms. The summed E-state index contributed by atoms with van der Waals surface area (Å²) in [5, 5.41) is 2.84. The van der Waals surface area contributed by atoms with Crippen molar-refractivity contribution in [3.63, 3.8) is 0 Å². The van der Waals surface area contributed by atoms with Crippen LogP contribution >= 0.6 is 0 Å². The van der Waals surface area contributed by atoms with E-state index >= 15 is 0 Å². The third-order valence-electron chi connectivity index (χ3n) is 3.90. The Morgan fingerprint density at radius 1 is 1.04 bits per heavy atom. The molecule has 0 aliphatic carbocycles. The average Bonchev–Trinajstić information content (AvgIpc) is 2.58. The van der Waals surface area contributed by atoms with E-state index in [0.717, 1.165) is 22.6 Å². The molecule has 0 atom stereocenters. The zero-order valence-electron chi connectivity index (χ0n) is 15.6. The van der Waals surface area contributed by atoms with Crippen LogP contribution in [0.15, 0.2) is 48.5 Å². The first-order valence-electron chi connectivity index (χ1n) is 8.76. The van der Waals surface area contributed by atoms with Gasteiger partial charge in [0.15, 0.2) is 0 Å². The molecule has 0 bridgehead atoms. The highest BCUT2D eigenvalue weighted by atomic mass is 16.5. The molecule has 2 rings (SSSR count). The lowest BCUT2D eigenvalue weighted by Crippen LogP contribution is -2.38. The summed E-state index contributed by atoms with van der Waals surface area (Å²) in [7, 11) is 0. The molecule has 0 unspecified atom stereocenters. The molecule has 2 amide bonds. The van der Waals surface area contributed by atoms with Crippen LogP contribution in [-0.4, -0.2) is 31.5 Å². The Labute approximate surface area is 155 Å². The van der Waals surface area contributed by atoms with Gasteiger partial charge in [0, 0.05) is 25.7 Å². The van der Waals surface area contributed by atoms with Crippen LogP contribution in [0.2, 0.25) is 0 Å². The van der Waals surface area contributed by atoms with E-state index in [9.17, 15) is 9.59 Å². The number of ether oxygens (including phenoxy) is 1. The van der Waals surface area contributed by atoms with Crippen LogP contribution < -0.4 is 15.0 Å². The first-order valence-corrected chi connectivity index (χ1v) is 8.76. The van der Waals surface area contributed by atoms with Crippen molar-refractivity contribution in [3.8, 4) is 5.75 Å². The number of para-hydroxylation sites is 1. The van der Waals surface area contributed by atoms with Gasteiger partial charge in [0.1, 0.15) is 5.75 Å². The number of anilines is 1. The second-order valence-electron chi connectivity index (χ2n) is 6.28. The van der Waals surface area contributed by atoms with Gasteiger partial charge in [0.05, 0.1) is 13.0 Å². The molecule has 138 valence electrons. The maximum Gasteiger partial charge on any atom is 0.223 e. The van der Waals surface area contributed by atoms with Gasteiger partial charge in [-0.3, -0.25) is 9.59 Å². The molecule has 0 spiro atoms. The molecule has 0 fully saturated rings. The number of amides is 2. The molecule has 0 aromatic heterocycles. The second-order valence-corrected chi connectivity index (χ2v) is 6.28. The number of benzene rings is 2. The van der Waals surface area contributed by atoms with Gasteiger partial charge in [-0.2, -0.15) is 0 Å². The van der Waals surface area contributed by atoms with E-state index in [1.807, 2.05) is 56.3 Å². The van der Waals surface area contributed by atoms with E-state index in [1.165, 1.54) is 6.92 Å².